The second-order valence-corrected chi connectivity index (χ2v) is 9.94. The number of fused-ring (bicyclic) bond motifs is 5. The van der Waals surface area contributed by atoms with Gasteiger partial charge in [-0.05, 0) is 0 Å². The first-order valence-corrected chi connectivity index (χ1v) is 12.8. The van der Waals surface area contributed by atoms with Gasteiger partial charge in [-0.2, -0.15) is 0 Å². The van der Waals surface area contributed by atoms with E-state index in [0.29, 0.717) is 37.5 Å². The van der Waals surface area contributed by atoms with Gasteiger partial charge in [-0.25, -0.2) is 0 Å². The first-order chi connectivity index (χ1) is 18.1. The molecule has 0 spiro atoms. The summed E-state index contributed by atoms with van der Waals surface area (Å²) in [6.45, 7) is 0. The third kappa shape index (κ3) is 3.36. The van der Waals surface area contributed by atoms with Crippen molar-refractivity contribution in [2.45, 2.75) is 0 Å². The maximum atomic E-state index is 13.5. The average molecular weight is 543 g/mol. The standard InChI is InChI=1S/C32H18NO3Se/c34-31(19-8-2-1-3-9-19)25-17-24-29(18-30(25)37)36-28-16-20(14-15-23(28)32(24)35)33-26-12-6-4-10-21(26)22-11-5-7-13-27(22)33/h1-18H. The van der Waals surface area contributed by atoms with Crippen LogP contribution in [0.2, 0.25) is 0 Å². The van der Waals surface area contributed by atoms with Crippen molar-refractivity contribution in [1.82, 2.24) is 4.57 Å². The van der Waals surface area contributed by atoms with E-state index in [1.807, 2.05) is 60.7 Å². The molecule has 0 aliphatic heterocycles. The van der Waals surface area contributed by atoms with E-state index in [4.69, 9.17) is 4.42 Å². The van der Waals surface area contributed by atoms with Crippen LogP contribution in [0.3, 0.4) is 0 Å². The summed E-state index contributed by atoms with van der Waals surface area (Å²) in [6.07, 6.45) is 0. The zero-order valence-corrected chi connectivity index (χ0v) is 21.2. The molecule has 0 saturated carbocycles. The van der Waals surface area contributed by atoms with Gasteiger partial charge >= 0.3 is 220 Å². The number of nitrogens with zero attached hydrogens (tertiary/aromatic N) is 1. The number of aromatic nitrogens is 1. The predicted molar refractivity (Wildman–Crippen MR) is 150 cm³/mol. The number of ketones is 1. The van der Waals surface area contributed by atoms with Crippen molar-refractivity contribution >= 4 is 70.0 Å². The Hall–Kier alpha value is -4.44. The molecular weight excluding hydrogens is 525 g/mol. The number of hydrogen-bond donors (Lipinski definition) is 0. The fourth-order valence-corrected chi connectivity index (χ4v) is 5.67. The normalized spacial score (nSPS) is 11.6. The van der Waals surface area contributed by atoms with Crippen LogP contribution >= 0.6 is 0 Å². The average Bonchev–Trinajstić information content (AvgIpc) is 3.27. The molecule has 0 N–H and O–H groups in total. The summed E-state index contributed by atoms with van der Waals surface area (Å²) in [5.41, 5.74) is 4.88. The van der Waals surface area contributed by atoms with E-state index in [1.165, 1.54) is 10.8 Å². The Balaban J connectivity index is 1.44. The molecule has 4 nitrogen and oxygen atoms in total. The summed E-state index contributed by atoms with van der Waals surface area (Å²) in [5.74, 6) is -0.141. The van der Waals surface area contributed by atoms with Gasteiger partial charge in [0.15, 0.2) is 0 Å². The van der Waals surface area contributed by atoms with Crippen LogP contribution in [0.25, 0.3) is 49.4 Å². The Morgan fingerprint density at radius 2 is 1.27 bits per heavy atom. The van der Waals surface area contributed by atoms with Crippen molar-refractivity contribution in [3.05, 3.63) is 131 Å². The second kappa shape index (κ2) is 8.31. The Bertz CT molecular complexity index is 2030. The first-order valence-electron chi connectivity index (χ1n) is 11.9. The van der Waals surface area contributed by atoms with Crippen molar-refractivity contribution < 1.29 is 9.21 Å². The number of para-hydroxylation sites is 2. The molecule has 0 atom stereocenters. The van der Waals surface area contributed by atoms with Gasteiger partial charge in [-0.15, -0.1) is 0 Å². The molecule has 0 aliphatic carbocycles. The molecule has 0 fully saturated rings. The summed E-state index contributed by atoms with van der Waals surface area (Å²) in [7, 11) is 0. The van der Waals surface area contributed by atoms with Gasteiger partial charge in [-0.1, -0.05) is 0 Å². The van der Waals surface area contributed by atoms with Crippen LogP contribution in [-0.4, -0.2) is 26.4 Å². The molecule has 2 heterocycles. The van der Waals surface area contributed by atoms with E-state index in [9.17, 15) is 9.59 Å². The first kappa shape index (κ1) is 21.8. The molecule has 0 amide bonds. The fraction of sp³-hybridized carbons (Fsp3) is 0. The van der Waals surface area contributed by atoms with E-state index in [0.717, 1.165) is 16.7 Å². The molecule has 2 aromatic heterocycles. The molecule has 0 bridgehead atoms. The minimum absolute atomic E-state index is 0.141. The van der Waals surface area contributed by atoms with Gasteiger partial charge in [0.1, 0.15) is 0 Å². The zero-order chi connectivity index (χ0) is 25.1. The van der Waals surface area contributed by atoms with E-state index in [1.54, 1.807) is 24.3 Å². The Labute approximate surface area is 219 Å². The summed E-state index contributed by atoms with van der Waals surface area (Å²) in [4.78, 5) is 26.7. The second-order valence-electron chi connectivity index (χ2n) is 9.02. The monoisotopic (exact) mass is 544 g/mol. The van der Waals surface area contributed by atoms with Crippen LogP contribution in [0.1, 0.15) is 15.9 Å². The number of benzene rings is 5. The van der Waals surface area contributed by atoms with Crippen LogP contribution in [0.15, 0.2) is 118 Å². The minimum atomic E-state index is -0.160. The molecule has 7 rings (SSSR count). The van der Waals surface area contributed by atoms with E-state index in [-0.39, 0.29) is 11.2 Å². The van der Waals surface area contributed by atoms with Crippen molar-refractivity contribution in [3.8, 4) is 5.69 Å². The SMILES string of the molecule is O=C(c1ccccc1)c1cc2c(=O)c3ccc(-n4c5ccccc5c5ccccc54)cc3oc2cc1[Se]. The van der Waals surface area contributed by atoms with Gasteiger partial charge < -0.3 is 0 Å². The topological polar surface area (TPSA) is 52.2 Å². The molecular formula is C32H18NO3Se. The molecule has 1 radical (unpaired) electrons. The number of rotatable bonds is 3. The van der Waals surface area contributed by atoms with Crippen LogP contribution in [0.4, 0.5) is 0 Å². The van der Waals surface area contributed by atoms with Gasteiger partial charge in [-0.3, -0.25) is 0 Å². The van der Waals surface area contributed by atoms with Crippen molar-refractivity contribution in [2.24, 2.45) is 0 Å². The summed E-state index contributed by atoms with van der Waals surface area (Å²) in [5, 5.41) is 3.19. The predicted octanol–water partition coefficient (Wildman–Crippen LogP) is 6.07. The Morgan fingerprint density at radius 3 is 1.97 bits per heavy atom. The summed E-state index contributed by atoms with van der Waals surface area (Å²) in [6, 6.07) is 34.7. The van der Waals surface area contributed by atoms with E-state index >= 15 is 0 Å². The molecule has 7 aromatic rings. The van der Waals surface area contributed by atoms with E-state index < -0.39 is 0 Å². The van der Waals surface area contributed by atoms with Gasteiger partial charge in [0.25, 0.3) is 0 Å². The Morgan fingerprint density at radius 1 is 0.649 bits per heavy atom. The van der Waals surface area contributed by atoms with Crippen LogP contribution < -0.4 is 9.89 Å². The van der Waals surface area contributed by atoms with Crippen LogP contribution in [0, 0.1) is 0 Å². The molecule has 37 heavy (non-hydrogen) atoms. The van der Waals surface area contributed by atoms with Gasteiger partial charge in [0.2, 0.25) is 0 Å². The van der Waals surface area contributed by atoms with Gasteiger partial charge in [0.05, 0.1) is 0 Å². The molecule has 175 valence electrons. The molecule has 5 heteroatoms. The number of hydrogen-bond acceptors (Lipinski definition) is 3. The van der Waals surface area contributed by atoms with E-state index in [2.05, 4.69) is 44.8 Å². The number of carbonyl (C=O) groups is 1. The molecule has 0 saturated heterocycles. The quantitative estimate of drug-likeness (QED) is 0.155. The maximum absolute atomic E-state index is 13.5. The van der Waals surface area contributed by atoms with Crippen molar-refractivity contribution in [2.75, 3.05) is 0 Å². The molecule has 0 unspecified atom stereocenters. The van der Waals surface area contributed by atoms with Gasteiger partial charge in [0, 0.05) is 0 Å². The van der Waals surface area contributed by atoms with Crippen LogP contribution in [0.5, 0.6) is 0 Å². The Kier molecular flexibility index (Phi) is 4.90. The summed E-state index contributed by atoms with van der Waals surface area (Å²) >= 11 is 2.97. The fourth-order valence-electron chi connectivity index (χ4n) is 5.13. The molecule has 5 aromatic carbocycles. The third-order valence-corrected chi connectivity index (χ3v) is 7.58. The molecule has 0 aliphatic rings. The zero-order valence-electron chi connectivity index (χ0n) is 19.5. The number of carbonyl (C=O) groups excluding carboxylic acids is 1. The van der Waals surface area contributed by atoms with Crippen molar-refractivity contribution in [3.63, 3.8) is 0 Å². The third-order valence-electron chi connectivity index (χ3n) is 6.88. The van der Waals surface area contributed by atoms with Crippen molar-refractivity contribution in [1.29, 1.82) is 0 Å². The van der Waals surface area contributed by atoms with Crippen LogP contribution in [-0.2, 0) is 0 Å². The summed E-state index contributed by atoms with van der Waals surface area (Å²) < 4.78 is 9.10.